The number of halogens is 1. The van der Waals surface area contributed by atoms with E-state index in [1.807, 2.05) is 41.8 Å². The summed E-state index contributed by atoms with van der Waals surface area (Å²) in [6.07, 6.45) is 1.84. The largest absolute Gasteiger partial charge is 0.298 e. The van der Waals surface area contributed by atoms with Gasteiger partial charge in [-0.1, -0.05) is 48.2 Å². The summed E-state index contributed by atoms with van der Waals surface area (Å²) in [5, 5.41) is 12.5. The second kappa shape index (κ2) is 8.50. The molecule has 4 rings (SSSR count). The molecule has 0 bridgehead atoms. The Kier molecular flexibility index (Phi) is 5.64. The number of aromatic nitrogens is 4. The van der Waals surface area contributed by atoms with E-state index >= 15 is 0 Å². The van der Waals surface area contributed by atoms with Crippen molar-refractivity contribution in [3.8, 4) is 22.0 Å². The molecule has 0 saturated carbocycles. The molecule has 28 heavy (non-hydrogen) atoms. The van der Waals surface area contributed by atoms with Crippen LogP contribution < -0.4 is 0 Å². The topological polar surface area (TPSA) is 43.6 Å². The molecule has 0 radical (unpaired) electrons. The van der Waals surface area contributed by atoms with E-state index in [0.29, 0.717) is 12.3 Å². The van der Waals surface area contributed by atoms with Crippen LogP contribution in [0.4, 0.5) is 4.39 Å². The van der Waals surface area contributed by atoms with Crippen molar-refractivity contribution in [1.29, 1.82) is 0 Å². The molecule has 2 heterocycles. The maximum absolute atomic E-state index is 13.1. The van der Waals surface area contributed by atoms with Gasteiger partial charge in [-0.25, -0.2) is 9.37 Å². The highest BCUT2D eigenvalue weighted by atomic mass is 32.2. The Balaban J connectivity index is 1.52. The number of hydrogen-bond acceptors (Lipinski definition) is 5. The van der Waals surface area contributed by atoms with Crippen LogP contribution in [0.25, 0.3) is 22.0 Å². The molecule has 7 heteroatoms. The molecule has 0 aliphatic heterocycles. The maximum Gasteiger partial charge on any atom is 0.192 e. The normalized spacial score (nSPS) is 10.9. The molecule has 0 N–H and O–H groups in total. The van der Waals surface area contributed by atoms with Crippen molar-refractivity contribution in [3.63, 3.8) is 0 Å². The van der Waals surface area contributed by atoms with Crippen LogP contribution in [-0.4, -0.2) is 19.7 Å². The lowest BCUT2D eigenvalue weighted by Crippen LogP contribution is -2.00. The van der Waals surface area contributed by atoms with E-state index in [1.165, 1.54) is 12.1 Å². The highest BCUT2D eigenvalue weighted by Gasteiger charge is 2.14. The molecule has 2 aromatic heterocycles. The lowest BCUT2D eigenvalue weighted by Gasteiger charge is -2.07. The summed E-state index contributed by atoms with van der Waals surface area (Å²) >= 11 is 3.15. The molecule has 0 aliphatic rings. The Labute approximate surface area is 170 Å². The smallest absolute Gasteiger partial charge is 0.192 e. The number of allylic oxidation sites excluding steroid dienone is 1. The third-order valence-electron chi connectivity index (χ3n) is 4.05. The monoisotopic (exact) mass is 408 g/mol. The van der Waals surface area contributed by atoms with Gasteiger partial charge in [-0.2, -0.15) is 0 Å². The Hall–Kier alpha value is -2.77. The van der Waals surface area contributed by atoms with Crippen LogP contribution in [-0.2, 0) is 12.3 Å². The van der Waals surface area contributed by atoms with Gasteiger partial charge in [0.2, 0.25) is 0 Å². The van der Waals surface area contributed by atoms with Crippen molar-refractivity contribution in [3.05, 3.63) is 84.1 Å². The van der Waals surface area contributed by atoms with Gasteiger partial charge in [0.15, 0.2) is 11.0 Å². The van der Waals surface area contributed by atoms with Gasteiger partial charge in [0.1, 0.15) is 10.8 Å². The molecule has 0 aliphatic carbocycles. The quantitative estimate of drug-likeness (QED) is 0.291. The first-order valence-corrected chi connectivity index (χ1v) is 10.5. The SMILES string of the molecule is C=CCn1c(SCc2csc(-c3ccc(F)cc3)n2)nnc1-c1ccccc1. The van der Waals surface area contributed by atoms with Crippen LogP contribution in [0.2, 0.25) is 0 Å². The zero-order chi connectivity index (χ0) is 19.3. The van der Waals surface area contributed by atoms with Gasteiger partial charge >= 0.3 is 0 Å². The van der Waals surface area contributed by atoms with Gasteiger partial charge in [0.05, 0.1) is 5.69 Å². The van der Waals surface area contributed by atoms with Crippen molar-refractivity contribution >= 4 is 23.1 Å². The Morgan fingerprint density at radius 2 is 1.82 bits per heavy atom. The number of thioether (sulfide) groups is 1. The van der Waals surface area contributed by atoms with Gasteiger partial charge in [0.25, 0.3) is 0 Å². The van der Waals surface area contributed by atoms with Gasteiger partial charge in [0, 0.05) is 28.8 Å². The number of thiazole rings is 1. The molecular weight excluding hydrogens is 391 g/mol. The van der Waals surface area contributed by atoms with E-state index in [9.17, 15) is 4.39 Å². The van der Waals surface area contributed by atoms with Crippen molar-refractivity contribution in [1.82, 2.24) is 19.7 Å². The van der Waals surface area contributed by atoms with Crippen LogP contribution in [0.1, 0.15) is 5.69 Å². The fourth-order valence-corrected chi connectivity index (χ4v) is 4.50. The Bertz CT molecular complexity index is 1070. The van der Waals surface area contributed by atoms with Crippen LogP contribution in [0, 0.1) is 5.82 Å². The predicted molar refractivity (Wildman–Crippen MR) is 113 cm³/mol. The lowest BCUT2D eigenvalue weighted by atomic mass is 10.2. The van der Waals surface area contributed by atoms with Gasteiger partial charge in [-0.05, 0) is 24.3 Å². The minimum absolute atomic E-state index is 0.244. The molecule has 2 aromatic carbocycles. The molecule has 4 nitrogen and oxygen atoms in total. The van der Waals surface area contributed by atoms with Crippen molar-refractivity contribution < 1.29 is 4.39 Å². The molecule has 4 aromatic rings. The molecule has 0 spiro atoms. The lowest BCUT2D eigenvalue weighted by molar-refractivity contribution is 0.628. The number of nitrogens with zero attached hydrogens (tertiary/aromatic N) is 4. The molecule has 0 atom stereocenters. The van der Waals surface area contributed by atoms with Gasteiger partial charge in [-0.15, -0.1) is 28.1 Å². The van der Waals surface area contributed by atoms with E-state index < -0.39 is 0 Å². The fourth-order valence-electron chi connectivity index (χ4n) is 2.73. The summed E-state index contributed by atoms with van der Waals surface area (Å²) in [6.45, 7) is 4.49. The van der Waals surface area contributed by atoms with Crippen LogP contribution in [0.3, 0.4) is 0 Å². The Morgan fingerprint density at radius 3 is 2.57 bits per heavy atom. The fraction of sp³-hybridized carbons (Fsp3) is 0.0952. The highest BCUT2D eigenvalue weighted by molar-refractivity contribution is 7.98. The molecule has 140 valence electrons. The summed E-state index contributed by atoms with van der Waals surface area (Å²) in [5.74, 6) is 1.27. The molecule has 0 unspecified atom stereocenters. The number of benzene rings is 2. The van der Waals surface area contributed by atoms with Crippen LogP contribution in [0.15, 0.2) is 77.8 Å². The average Bonchev–Trinajstić information content (AvgIpc) is 3.35. The zero-order valence-corrected chi connectivity index (χ0v) is 16.6. The van der Waals surface area contributed by atoms with Crippen LogP contribution >= 0.6 is 23.1 Å². The first-order valence-electron chi connectivity index (χ1n) is 8.67. The third kappa shape index (κ3) is 4.05. The summed E-state index contributed by atoms with van der Waals surface area (Å²) in [7, 11) is 0. The highest BCUT2D eigenvalue weighted by Crippen LogP contribution is 2.29. The average molecular weight is 409 g/mol. The Morgan fingerprint density at radius 1 is 1.04 bits per heavy atom. The maximum atomic E-state index is 13.1. The van der Waals surface area contributed by atoms with E-state index in [2.05, 4.69) is 26.3 Å². The summed E-state index contributed by atoms with van der Waals surface area (Å²) in [5.41, 5.74) is 2.91. The second-order valence-electron chi connectivity index (χ2n) is 6.01. The van der Waals surface area contributed by atoms with E-state index in [-0.39, 0.29) is 5.82 Å². The zero-order valence-electron chi connectivity index (χ0n) is 15.0. The molecular formula is C21H17FN4S2. The van der Waals surface area contributed by atoms with Crippen molar-refractivity contribution in [2.24, 2.45) is 0 Å². The summed E-state index contributed by atoms with van der Waals surface area (Å²) < 4.78 is 15.2. The predicted octanol–water partition coefficient (Wildman–Crippen LogP) is 5.69. The number of rotatable bonds is 7. The minimum atomic E-state index is -0.244. The minimum Gasteiger partial charge on any atom is -0.298 e. The summed E-state index contributed by atoms with van der Waals surface area (Å²) in [4.78, 5) is 4.66. The van der Waals surface area contributed by atoms with E-state index in [4.69, 9.17) is 0 Å². The molecule has 0 fully saturated rings. The third-order valence-corrected chi connectivity index (χ3v) is 5.99. The van der Waals surface area contributed by atoms with Gasteiger partial charge in [-0.3, -0.25) is 4.57 Å². The van der Waals surface area contributed by atoms with Crippen molar-refractivity contribution in [2.75, 3.05) is 0 Å². The first kappa shape index (κ1) is 18.6. The van der Waals surface area contributed by atoms with E-state index in [1.54, 1.807) is 35.2 Å². The first-order chi connectivity index (χ1) is 13.7. The van der Waals surface area contributed by atoms with E-state index in [0.717, 1.165) is 32.8 Å². The van der Waals surface area contributed by atoms with Crippen molar-refractivity contribution in [2.45, 2.75) is 17.5 Å². The second-order valence-corrected chi connectivity index (χ2v) is 7.81. The van der Waals surface area contributed by atoms with Gasteiger partial charge < -0.3 is 0 Å². The summed E-state index contributed by atoms with van der Waals surface area (Å²) in [6, 6.07) is 16.4. The molecule has 0 amide bonds. The number of hydrogen-bond donors (Lipinski definition) is 0. The van der Waals surface area contributed by atoms with Crippen LogP contribution in [0.5, 0.6) is 0 Å². The molecule has 0 saturated heterocycles. The standard InChI is InChI=1S/C21H17FN4S2/c1-2-12-26-19(15-6-4-3-5-7-15)24-25-21(26)28-14-18-13-27-20(23-18)16-8-10-17(22)11-9-16/h2-11,13H,1,12,14H2.